The summed E-state index contributed by atoms with van der Waals surface area (Å²) in [5.74, 6) is -1.40. The number of ether oxygens (including phenoxy) is 1. The molecule has 86 valence electrons. The van der Waals surface area contributed by atoms with E-state index in [4.69, 9.17) is 9.84 Å². The number of carbonyl (C=O) groups is 2. The molecule has 2 N–H and O–H groups in total. The second-order valence-corrected chi connectivity index (χ2v) is 4.07. The summed E-state index contributed by atoms with van der Waals surface area (Å²) in [5, 5.41) is 11.7. The van der Waals surface area contributed by atoms with Crippen molar-refractivity contribution < 1.29 is 19.4 Å². The summed E-state index contributed by atoms with van der Waals surface area (Å²) in [4.78, 5) is 22.7. The zero-order valence-electron chi connectivity index (χ0n) is 9.08. The predicted molar refractivity (Wildman–Crippen MR) is 53.4 cm³/mol. The number of carbonyl (C=O) groups excluding carboxylic acids is 1. The Morgan fingerprint density at radius 1 is 1.53 bits per heavy atom. The smallest absolute Gasteiger partial charge is 0.319 e. The second-order valence-electron chi connectivity index (χ2n) is 4.07. The molecule has 1 rings (SSSR count). The Balaban J connectivity index is 2.55. The normalized spacial score (nSPS) is 20.1. The first-order valence-corrected chi connectivity index (χ1v) is 5.06. The summed E-state index contributed by atoms with van der Waals surface area (Å²) in [6, 6.07) is -0.153. The zero-order chi connectivity index (χ0) is 11.5. The van der Waals surface area contributed by atoms with Crippen LogP contribution in [-0.4, -0.2) is 36.7 Å². The molecule has 1 atom stereocenters. The molecule has 1 amide bonds. The molecule has 1 saturated carbocycles. The minimum atomic E-state index is -1.18. The minimum absolute atomic E-state index is 0.153. The Hall–Kier alpha value is -1.10. The van der Waals surface area contributed by atoms with Crippen molar-refractivity contribution in [2.24, 2.45) is 5.41 Å². The molecule has 1 unspecified atom stereocenters. The molecule has 0 aliphatic heterocycles. The van der Waals surface area contributed by atoms with E-state index in [-0.39, 0.29) is 11.9 Å². The summed E-state index contributed by atoms with van der Waals surface area (Å²) < 4.78 is 4.87. The largest absolute Gasteiger partial charge is 0.480 e. The van der Waals surface area contributed by atoms with Crippen molar-refractivity contribution >= 4 is 11.9 Å². The number of carboxylic acid groups (broad SMARTS) is 1. The van der Waals surface area contributed by atoms with Gasteiger partial charge in [-0.3, -0.25) is 9.59 Å². The second kappa shape index (κ2) is 4.61. The van der Waals surface area contributed by atoms with E-state index >= 15 is 0 Å². The van der Waals surface area contributed by atoms with Gasteiger partial charge in [0.15, 0.2) is 0 Å². The Morgan fingerprint density at radius 2 is 2.13 bits per heavy atom. The van der Waals surface area contributed by atoms with Crippen LogP contribution in [0.4, 0.5) is 0 Å². The number of nitrogens with one attached hydrogen (secondary N) is 1. The fraction of sp³-hybridized carbons (Fsp3) is 0.800. The molecule has 5 heteroatoms. The Kier molecular flexibility index (Phi) is 3.68. The van der Waals surface area contributed by atoms with Crippen molar-refractivity contribution in [2.75, 3.05) is 13.7 Å². The van der Waals surface area contributed by atoms with E-state index in [1.165, 1.54) is 0 Å². The first-order valence-electron chi connectivity index (χ1n) is 5.06. The van der Waals surface area contributed by atoms with Gasteiger partial charge >= 0.3 is 5.97 Å². The predicted octanol–water partition coefficient (Wildman–Crippen LogP) is 0.392. The van der Waals surface area contributed by atoms with Crippen LogP contribution in [0.1, 0.15) is 26.2 Å². The number of methoxy groups -OCH3 is 1. The molecule has 5 nitrogen and oxygen atoms in total. The van der Waals surface area contributed by atoms with E-state index in [0.717, 1.165) is 6.42 Å². The highest BCUT2D eigenvalue weighted by Gasteiger charge is 2.51. The molecule has 0 spiro atoms. The average Bonchev–Trinajstić information content (AvgIpc) is 2.00. The standard InChI is InChI=1S/C10H17NO4/c1-7(6-15-2)11-8(12)10(9(13)14)4-3-5-10/h7H,3-6H2,1-2H3,(H,11,12)(H,13,14). The first kappa shape index (κ1) is 12.0. The highest BCUT2D eigenvalue weighted by molar-refractivity contribution is 6.02. The van der Waals surface area contributed by atoms with E-state index in [2.05, 4.69) is 5.32 Å². The first-order chi connectivity index (χ1) is 7.03. The van der Waals surface area contributed by atoms with Crippen molar-refractivity contribution in [3.05, 3.63) is 0 Å². The maximum Gasteiger partial charge on any atom is 0.319 e. The summed E-state index contributed by atoms with van der Waals surface area (Å²) in [6.07, 6.45) is 1.68. The number of hydrogen-bond acceptors (Lipinski definition) is 3. The van der Waals surface area contributed by atoms with Gasteiger partial charge in [-0.2, -0.15) is 0 Å². The Labute approximate surface area is 88.8 Å². The number of amides is 1. The van der Waals surface area contributed by atoms with Crippen molar-refractivity contribution in [3.8, 4) is 0 Å². The van der Waals surface area contributed by atoms with E-state index in [1.54, 1.807) is 14.0 Å². The van der Waals surface area contributed by atoms with Gasteiger partial charge in [0.1, 0.15) is 5.41 Å². The topological polar surface area (TPSA) is 75.6 Å². The third-order valence-corrected chi connectivity index (χ3v) is 2.85. The Morgan fingerprint density at radius 3 is 2.47 bits per heavy atom. The van der Waals surface area contributed by atoms with Crippen molar-refractivity contribution in [2.45, 2.75) is 32.2 Å². The summed E-state index contributed by atoms with van der Waals surface area (Å²) in [7, 11) is 1.54. The number of carboxylic acids is 1. The molecule has 0 aromatic rings. The third-order valence-electron chi connectivity index (χ3n) is 2.85. The van der Waals surface area contributed by atoms with E-state index in [1.807, 2.05) is 0 Å². The highest BCUT2D eigenvalue weighted by atomic mass is 16.5. The van der Waals surface area contributed by atoms with E-state index < -0.39 is 11.4 Å². The van der Waals surface area contributed by atoms with E-state index in [0.29, 0.717) is 19.4 Å². The van der Waals surface area contributed by atoms with Gasteiger partial charge < -0.3 is 15.2 Å². The summed E-state index contributed by atoms with van der Waals surface area (Å²) >= 11 is 0. The Bertz CT molecular complexity index is 260. The van der Waals surface area contributed by atoms with Gasteiger partial charge in [-0.25, -0.2) is 0 Å². The maximum absolute atomic E-state index is 11.7. The molecular weight excluding hydrogens is 198 g/mol. The molecule has 0 saturated heterocycles. The van der Waals surface area contributed by atoms with Crippen LogP contribution in [-0.2, 0) is 14.3 Å². The molecule has 0 bridgehead atoms. The monoisotopic (exact) mass is 215 g/mol. The molecule has 0 radical (unpaired) electrons. The molecule has 0 aromatic heterocycles. The fourth-order valence-electron chi connectivity index (χ4n) is 1.72. The fourth-order valence-corrected chi connectivity index (χ4v) is 1.72. The SMILES string of the molecule is COCC(C)NC(=O)C1(C(=O)O)CCC1. The third kappa shape index (κ3) is 2.28. The molecule has 1 aliphatic carbocycles. The van der Waals surface area contributed by atoms with Gasteiger partial charge in [-0.15, -0.1) is 0 Å². The van der Waals surface area contributed by atoms with Crippen LogP contribution in [0.15, 0.2) is 0 Å². The summed E-state index contributed by atoms with van der Waals surface area (Å²) in [6.45, 7) is 2.18. The van der Waals surface area contributed by atoms with Gasteiger partial charge in [0, 0.05) is 13.2 Å². The molecule has 0 aromatic carbocycles. The average molecular weight is 215 g/mol. The molecule has 15 heavy (non-hydrogen) atoms. The van der Waals surface area contributed by atoms with Crippen LogP contribution >= 0.6 is 0 Å². The zero-order valence-corrected chi connectivity index (χ0v) is 9.08. The molecule has 1 fully saturated rings. The minimum Gasteiger partial charge on any atom is -0.480 e. The van der Waals surface area contributed by atoms with Crippen LogP contribution in [0, 0.1) is 5.41 Å². The van der Waals surface area contributed by atoms with Gasteiger partial charge in [-0.05, 0) is 19.8 Å². The quantitative estimate of drug-likeness (QED) is 0.650. The lowest BCUT2D eigenvalue weighted by molar-refractivity contribution is -0.162. The lowest BCUT2D eigenvalue weighted by atomic mass is 9.68. The lowest BCUT2D eigenvalue weighted by Gasteiger charge is -2.36. The molecule has 0 heterocycles. The van der Waals surface area contributed by atoms with Crippen LogP contribution in [0.25, 0.3) is 0 Å². The maximum atomic E-state index is 11.7. The van der Waals surface area contributed by atoms with Crippen molar-refractivity contribution in [1.29, 1.82) is 0 Å². The van der Waals surface area contributed by atoms with Gasteiger partial charge in [-0.1, -0.05) is 6.42 Å². The van der Waals surface area contributed by atoms with Gasteiger partial charge in [0.25, 0.3) is 0 Å². The number of aliphatic carboxylic acids is 1. The lowest BCUT2D eigenvalue weighted by Crippen LogP contribution is -2.53. The highest BCUT2D eigenvalue weighted by Crippen LogP contribution is 2.41. The van der Waals surface area contributed by atoms with Crippen LogP contribution in [0.2, 0.25) is 0 Å². The van der Waals surface area contributed by atoms with Crippen LogP contribution in [0.5, 0.6) is 0 Å². The van der Waals surface area contributed by atoms with E-state index in [9.17, 15) is 9.59 Å². The number of rotatable bonds is 5. The van der Waals surface area contributed by atoms with Crippen LogP contribution < -0.4 is 5.32 Å². The molecule has 1 aliphatic rings. The summed E-state index contributed by atoms with van der Waals surface area (Å²) in [5.41, 5.74) is -1.18. The number of hydrogen-bond donors (Lipinski definition) is 2. The van der Waals surface area contributed by atoms with Crippen LogP contribution in [0.3, 0.4) is 0 Å². The van der Waals surface area contributed by atoms with Gasteiger partial charge in [0.2, 0.25) is 5.91 Å². The van der Waals surface area contributed by atoms with Gasteiger partial charge in [0.05, 0.1) is 6.61 Å². The van der Waals surface area contributed by atoms with Crippen molar-refractivity contribution in [1.82, 2.24) is 5.32 Å². The molecular formula is C10H17NO4. The van der Waals surface area contributed by atoms with Crippen molar-refractivity contribution in [3.63, 3.8) is 0 Å².